The van der Waals surface area contributed by atoms with Crippen molar-refractivity contribution in [2.45, 2.75) is 6.10 Å². The van der Waals surface area contributed by atoms with Gasteiger partial charge in [-0.05, 0) is 5.56 Å². The fourth-order valence-electron chi connectivity index (χ4n) is 2.48. The molecule has 8 heteroatoms. The molecule has 0 saturated carbocycles. The van der Waals surface area contributed by atoms with Gasteiger partial charge >= 0.3 is 0 Å². The van der Waals surface area contributed by atoms with E-state index >= 15 is 0 Å². The number of hydrogen-bond donors (Lipinski definition) is 3. The molecule has 0 spiro atoms. The SMILES string of the molecule is N#Cc1nc(NC[C@H](O)c2ccccc2)nc(N2CCNCC2)n1. The molecule has 0 bridgehead atoms. The minimum absolute atomic E-state index is 0.0650. The first kappa shape index (κ1) is 16.1. The summed E-state index contributed by atoms with van der Waals surface area (Å²) in [6, 6.07) is 11.3. The van der Waals surface area contributed by atoms with Crippen molar-refractivity contribution in [2.24, 2.45) is 0 Å². The van der Waals surface area contributed by atoms with Gasteiger partial charge in [0.25, 0.3) is 0 Å². The molecule has 24 heavy (non-hydrogen) atoms. The number of anilines is 2. The van der Waals surface area contributed by atoms with Crippen LogP contribution in [-0.2, 0) is 0 Å². The molecule has 1 aromatic heterocycles. The summed E-state index contributed by atoms with van der Waals surface area (Å²) in [4.78, 5) is 14.6. The molecule has 0 unspecified atom stereocenters. The van der Waals surface area contributed by atoms with Crippen LogP contribution in [0.2, 0.25) is 0 Å². The Morgan fingerprint density at radius 3 is 2.67 bits per heavy atom. The molecule has 1 aromatic carbocycles. The maximum atomic E-state index is 10.2. The van der Waals surface area contributed by atoms with E-state index in [1.54, 1.807) is 0 Å². The molecule has 2 heterocycles. The first-order valence-electron chi connectivity index (χ1n) is 7.85. The lowest BCUT2D eigenvalue weighted by Crippen LogP contribution is -2.44. The number of aliphatic hydroxyl groups is 1. The molecular formula is C16H19N7O. The predicted molar refractivity (Wildman–Crippen MR) is 89.5 cm³/mol. The molecule has 3 N–H and O–H groups in total. The number of rotatable bonds is 5. The number of hydrogen-bond acceptors (Lipinski definition) is 8. The number of nitrogens with one attached hydrogen (secondary N) is 2. The molecule has 124 valence electrons. The highest BCUT2D eigenvalue weighted by molar-refractivity contribution is 5.40. The molecule has 1 aliphatic heterocycles. The summed E-state index contributed by atoms with van der Waals surface area (Å²) in [6.07, 6.45) is -0.684. The predicted octanol–water partition coefficient (Wildman–Crippen LogP) is 0.298. The van der Waals surface area contributed by atoms with Crippen molar-refractivity contribution in [1.82, 2.24) is 20.3 Å². The summed E-state index contributed by atoms with van der Waals surface area (Å²) in [7, 11) is 0. The third-order valence-corrected chi connectivity index (χ3v) is 3.76. The van der Waals surface area contributed by atoms with Crippen LogP contribution in [0.5, 0.6) is 0 Å². The van der Waals surface area contributed by atoms with E-state index in [0.29, 0.717) is 11.9 Å². The second-order valence-corrected chi connectivity index (χ2v) is 5.44. The van der Waals surface area contributed by atoms with Gasteiger partial charge in [0.15, 0.2) is 0 Å². The average Bonchev–Trinajstić information content (AvgIpc) is 2.67. The number of nitriles is 1. The Morgan fingerprint density at radius 1 is 1.21 bits per heavy atom. The van der Waals surface area contributed by atoms with E-state index in [1.165, 1.54) is 0 Å². The lowest BCUT2D eigenvalue weighted by molar-refractivity contribution is 0.191. The van der Waals surface area contributed by atoms with E-state index in [-0.39, 0.29) is 12.4 Å². The normalized spacial score (nSPS) is 15.6. The fourth-order valence-corrected chi connectivity index (χ4v) is 2.48. The molecule has 1 fully saturated rings. The minimum Gasteiger partial charge on any atom is -0.387 e. The third kappa shape index (κ3) is 3.95. The molecule has 1 atom stereocenters. The van der Waals surface area contributed by atoms with Gasteiger partial charge in [0.05, 0.1) is 6.10 Å². The quantitative estimate of drug-likeness (QED) is 0.720. The van der Waals surface area contributed by atoms with E-state index < -0.39 is 6.10 Å². The first-order chi connectivity index (χ1) is 11.8. The summed E-state index contributed by atoms with van der Waals surface area (Å²) in [6.45, 7) is 3.51. The Balaban J connectivity index is 1.71. The van der Waals surface area contributed by atoms with Crippen molar-refractivity contribution >= 4 is 11.9 Å². The second-order valence-electron chi connectivity index (χ2n) is 5.44. The summed E-state index contributed by atoms with van der Waals surface area (Å²) in [5.74, 6) is 0.847. The topological polar surface area (TPSA) is 110 Å². The monoisotopic (exact) mass is 325 g/mol. The van der Waals surface area contributed by atoms with Gasteiger partial charge in [-0.15, -0.1) is 0 Å². The van der Waals surface area contributed by atoms with Gasteiger partial charge in [0, 0.05) is 32.7 Å². The van der Waals surface area contributed by atoms with Crippen LogP contribution in [-0.4, -0.2) is 52.8 Å². The van der Waals surface area contributed by atoms with Gasteiger partial charge in [0.2, 0.25) is 17.7 Å². The minimum atomic E-state index is -0.684. The zero-order chi connectivity index (χ0) is 16.8. The Labute approximate surface area is 140 Å². The van der Waals surface area contributed by atoms with Crippen molar-refractivity contribution in [3.05, 3.63) is 41.7 Å². The van der Waals surface area contributed by atoms with E-state index in [4.69, 9.17) is 5.26 Å². The number of piperazine rings is 1. The van der Waals surface area contributed by atoms with Crippen LogP contribution < -0.4 is 15.5 Å². The molecule has 2 aromatic rings. The van der Waals surface area contributed by atoms with Crippen LogP contribution in [0.1, 0.15) is 17.5 Å². The Kier molecular flexibility index (Phi) is 5.15. The fraction of sp³-hybridized carbons (Fsp3) is 0.375. The largest absolute Gasteiger partial charge is 0.387 e. The zero-order valence-corrected chi connectivity index (χ0v) is 13.2. The van der Waals surface area contributed by atoms with E-state index in [2.05, 4.69) is 25.6 Å². The van der Waals surface area contributed by atoms with Gasteiger partial charge < -0.3 is 20.6 Å². The number of nitrogens with zero attached hydrogens (tertiary/aromatic N) is 5. The Hall–Kier alpha value is -2.76. The number of aliphatic hydroxyl groups excluding tert-OH is 1. The van der Waals surface area contributed by atoms with Gasteiger partial charge in [-0.3, -0.25) is 0 Å². The molecular weight excluding hydrogens is 306 g/mol. The van der Waals surface area contributed by atoms with Crippen LogP contribution in [0.25, 0.3) is 0 Å². The van der Waals surface area contributed by atoms with Crippen molar-refractivity contribution in [3.63, 3.8) is 0 Å². The Bertz CT molecular complexity index is 710. The van der Waals surface area contributed by atoms with Crippen LogP contribution in [0.15, 0.2) is 30.3 Å². The van der Waals surface area contributed by atoms with Crippen LogP contribution in [0.3, 0.4) is 0 Å². The molecule has 0 aliphatic carbocycles. The molecule has 0 amide bonds. The molecule has 3 rings (SSSR count). The summed E-state index contributed by atoms with van der Waals surface area (Å²) >= 11 is 0. The van der Waals surface area contributed by atoms with E-state index in [9.17, 15) is 5.11 Å². The molecule has 0 radical (unpaired) electrons. The first-order valence-corrected chi connectivity index (χ1v) is 7.85. The maximum absolute atomic E-state index is 10.2. The zero-order valence-electron chi connectivity index (χ0n) is 13.2. The summed E-state index contributed by atoms with van der Waals surface area (Å²) in [5, 5.41) is 25.6. The molecule has 8 nitrogen and oxygen atoms in total. The highest BCUT2D eigenvalue weighted by Crippen LogP contribution is 2.15. The van der Waals surface area contributed by atoms with Crippen LogP contribution >= 0.6 is 0 Å². The van der Waals surface area contributed by atoms with Gasteiger partial charge in [-0.25, -0.2) is 0 Å². The van der Waals surface area contributed by atoms with Crippen LogP contribution in [0, 0.1) is 11.3 Å². The van der Waals surface area contributed by atoms with Gasteiger partial charge in [-0.1, -0.05) is 30.3 Å². The summed E-state index contributed by atoms with van der Waals surface area (Å²) in [5.41, 5.74) is 0.807. The highest BCUT2D eigenvalue weighted by atomic mass is 16.3. The second kappa shape index (κ2) is 7.68. The highest BCUT2D eigenvalue weighted by Gasteiger charge is 2.16. The lowest BCUT2D eigenvalue weighted by Gasteiger charge is -2.27. The Morgan fingerprint density at radius 2 is 1.96 bits per heavy atom. The van der Waals surface area contributed by atoms with Gasteiger partial charge in [0.1, 0.15) is 6.07 Å². The maximum Gasteiger partial charge on any atom is 0.238 e. The van der Waals surface area contributed by atoms with E-state index in [1.807, 2.05) is 41.3 Å². The van der Waals surface area contributed by atoms with Crippen LogP contribution in [0.4, 0.5) is 11.9 Å². The van der Waals surface area contributed by atoms with Gasteiger partial charge in [-0.2, -0.15) is 20.2 Å². The lowest BCUT2D eigenvalue weighted by atomic mass is 10.1. The number of aromatic nitrogens is 3. The molecule has 1 saturated heterocycles. The summed E-state index contributed by atoms with van der Waals surface area (Å²) < 4.78 is 0. The standard InChI is InChI=1S/C16H19N7O/c17-10-14-20-15(19-11-13(24)12-4-2-1-3-5-12)22-16(21-14)23-8-6-18-7-9-23/h1-5,13,18,24H,6-9,11H2,(H,19,20,21,22)/t13-/m0/s1. The molecule has 1 aliphatic rings. The number of benzene rings is 1. The van der Waals surface area contributed by atoms with Crippen molar-refractivity contribution in [3.8, 4) is 6.07 Å². The smallest absolute Gasteiger partial charge is 0.238 e. The van der Waals surface area contributed by atoms with E-state index in [0.717, 1.165) is 31.7 Å². The van der Waals surface area contributed by atoms with Crippen molar-refractivity contribution in [1.29, 1.82) is 5.26 Å². The van der Waals surface area contributed by atoms with Crippen molar-refractivity contribution < 1.29 is 5.11 Å². The third-order valence-electron chi connectivity index (χ3n) is 3.76. The van der Waals surface area contributed by atoms with Crippen molar-refractivity contribution in [2.75, 3.05) is 42.9 Å². The average molecular weight is 325 g/mol.